The van der Waals surface area contributed by atoms with Gasteiger partial charge in [0.25, 0.3) is 5.91 Å². The molecule has 2 amide bonds. The fraction of sp³-hybridized carbons (Fsp3) is 0.211. The molecule has 3 rings (SSSR count). The second-order valence-corrected chi connectivity index (χ2v) is 7.14. The van der Waals surface area contributed by atoms with Crippen LogP contribution in [0, 0.1) is 18.6 Å². The van der Waals surface area contributed by atoms with Crippen molar-refractivity contribution >= 4 is 28.3 Å². The van der Waals surface area contributed by atoms with Crippen LogP contribution in [-0.4, -0.2) is 23.3 Å². The molecule has 0 saturated heterocycles. The van der Waals surface area contributed by atoms with Gasteiger partial charge in [0.1, 0.15) is 0 Å². The Kier molecular flexibility index (Phi) is 6.15. The number of nitrogens with one attached hydrogen (secondary N) is 2. The van der Waals surface area contributed by atoms with Crippen molar-refractivity contribution in [2.45, 2.75) is 19.8 Å². The Morgan fingerprint density at radius 2 is 2.04 bits per heavy atom. The minimum absolute atomic E-state index is 0.192. The van der Waals surface area contributed by atoms with Crippen molar-refractivity contribution in [1.82, 2.24) is 10.3 Å². The second-order valence-electron chi connectivity index (χ2n) is 5.94. The van der Waals surface area contributed by atoms with E-state index in [1.165, 1.54) is 23.7 Å². The normalized spacial score (nSPS) is 10.7. The van der Waals surface area contributed by atoms with Gasteiger partial charge in [0.2, 0.25) is 5.91 Å². The van der Waals surface area contributed by atoms with Gasteiger partial charge in [-0.2, -0.15) is 0 Å². The lowest BCUT2D eigenvalue weighted by molar-refractivity contribution is -0.116. The number of halogens is 2. The first-order valence-corrected chi connectivity index (χ1v) is 9.30. The highest BCUT2D eigenvalue weighted by Gasteiger charge is 2.14. The van der Waals surface area contributed by atoms with Crippen LogP contribution in [0.3, 0.4) is 0 Å². The number of aryl methyl sites for hydroxylation is 1. The Labute approximate surface area is 163 Å². The number of rotatable bonds is 7. The van der Waals surface area contributed by atoms with Crippen LogP contribution in [-0.2, 0) is 4.79 Å². The van der Waals surface area contributed by atoms with Crippen LogP contribution in [0.15, 0.2) is 41.0 Å². The molecule has 1 aromatic carbocycles. The highest BCUT2D eigenvalue weighted by atomic mass is 32.1. The molecule has 9 heteroatoms. The standard InChI is InChI=1S/C19H17F2N3O3S/c1-11-17(12-6-7-13(20)14(21)10-12)24-19(28-11)23-16(25)5-2-8-22-18(26)15-4-3-9-27-15/h3-4,6-7,9-10H,2,5,8H2,1H3,(H,22,26)(H,23,24,25). The summed E-state index contributed by atoms with van der Waals surface area (Å²) in [5.41, 5.74) is 0.929. The Bertz CT molecular complexity index is 986. The molecule has 0 fully saturated rings. The number of hydrogen-bond acceptors (Lipinski definition) is 5. The van der Waals surface area contributed by atoms with Gasteiger partial charge >= 0.3 is 0 Å². The molecule has 0 atom stereocenters. The summed E-state index contributed by atoms with van der Waals surface area (Å²) >= 11 is 1.25. The smallest absolute Gasteiger partial charge is 0.286 e. The number of furan rings is 1. The Hall–Kier alpha value is -3.07. The molecule has 0 saturated carbocycles. The quantitative estimate of drug-likeness (QED) is 0.579. The van der Waals surface area contributed by atoms with Crippen LogP contribution in [0.25, 0.3) is 11.3 Å². The van der Waals surface area contributed by atoms with Gasteiger partial charge in [-0.05, 0) is 43.7 Å². The minimum atomic E-state index is -0.952. The molecule has 0 bridgehead atoms. The lowest BCUT2D eigenvalue weighted by atomic mass is 10.1. The van der Waals surface area contributed by atoms with Crippen molar-refractivity contribution in [3.63, 3.8) is 0 Å². The van der Waals surface area contributed by atoms with Gasteiger partial charge in [-0.15, -0.1) is 11.3 Å². The van der Waals surface area contributed by atoms with E-state index < -0.39 is 11.6 Å². The van der Waals surface area contributed by atoms with E-state index in [9.17, 15) is 18.4 Å². The maximum absolute atomic E-state index is 13.4. The number of nitrogens with zero attached hydrogens (tertiary/aromatic N) is 1. The first kappa shape index (κ1) is 19.7. The zero-order chi connectivity index (χ0) is 20.1. The number of anilines is 1. The van der Waals surface area contributed by atoms with Crippen molar-refractivity contribution in [2.75, 3.05) is 11.9 Å². The number of carbonyl (C=O) groups excluding carboxylic acids is 2. The van der Waals surface area contributed by atoms with E-state index in [1.54, 1.807) is 19.1 Å². The van der Waals surface area contributed by atoms with Crippen LogP contribution in [0.4, 0.5) is 13.9 Å². The fourth-order valence-electron chi connectivity index (χ4n) is 2.49. The molecule has 2 N–H and O–H groups in total. The lowest BCUT2D eigenvalue weighted by Gasteiger charge is -2.03. The van der Waals surface area contributed by atoms with E-state index in [0.29, 0.717) is 29.4 Å². The Balaban J connectivity index is 1.50. The molecule has 0 aliphatic carbocycles. The molecular formula is C19H17F2N3O3S. The van der Waals surface area contributed by atoms with Crippen molar-refractivity contribution in [3.05, 3.63) is 58.9 Å². The summed E-state index contributed by atoms with van der Waals surface area (Å²) in [4.78, 5) is 28.8. The van der Waals surface area contributed by atoms with Crippen LogP contribution < -0.4 is 10.6 Å². The third-order valence-corrected chi connectivity index (χ3v) is 4.73. The summed E-state index contributed by atoms with van der Waals surface area (Å²) in [6.45, 7) is 2.11. The molecule has 2 aromatic heterocycles. The highest BCUT2D eigenvalue weighted by molar-refractivity contribution is 7.16. The van der Waals surface area contributed by atoms with Gasteiger partial charge in [-0.25, -0.2) is 13.8 Å². The van der Waals surface area contributed by atoms with Gasteiger partial charge in [0.05, 0.1) is 12.0 Å². The molecule has 0 aliphatic heterocycles. The number of aromatic nitrogens is 1. The number of thiazole rings is 1. The summed E-state index contributed by atoms with van der Waals surface area (Å²) in [5.74, 6) is -2.25. The van der Waals surface area contributed by atoms with Crippen molar-refractivity contribution in [3.8, 4) is 11.3 Å². The lowest BCUT2D eigenvalue weighted by Crippen LogP contribution is -2.25. The topological polar surface area (TPSA) is 84.2 Å². The molecule has 3 aromatic rings. The molecule has 2 heterocycles. The zero-order valence-electron chi connectivity index (χ0n) is 14.9. The minimum Gasteiger partial charge on any atom is -0.459 e. The van der Waals surface area contributed by atoms with Gasteiger partial charge in [0.15, 0.2) is 22.5 Å². The number of carbonyl (C=O) groups is 2. The monoisotopic (exact) mass is 405 g/mol. The third kappa shape index (κ3) is 4.80. The van der Waals surface area contributed by atoms with Crippen LogP contribution in [0.2, 0.25) is 0 Å². The Morgan fingerprint density at radius 1 is 1.21 bits per heavy atom. The highest BCUT2D eigenvalue weighted by Crippen LogP contribution is 2.31. The van der Waals surface area contributed by atoms with Gasteiger partial charge in [-0.3, -0.25) is 9.59 Å². The average Bonchev–Trinajstić information content (AvgIpc) is 3.31. The van der Waals surface area contributed by atoms with Crippen molar-refractivity contribution < 1.29 is 22.8 Å². The largest absolute Gasteiger partial charge is 0.459 e. The van der Waals surface area contributed by atoms with E-state index in [2.05, 4.69) is 15.6 Å². The number of hydrogen-bond donors (Lipinski definition) is 2. The van der Waals surface area contributed by atoms with Gasteiger partial charge in [0, 0.05) is 23.4 Å². The predicted octanol–water partition coefficient (Wildman–Crippen LogP) is 4.14. The molecule has 28 heavy (non-hydrogen) atoms. The van der Waals surface area contributed by atoms with E-state index in [1.807, 2.05) is 0 Å². The fourth-order valence-corrected chi connectivity index (χ4v) is 3.34. The molecule has 0 radical (unpaired) electrons. The van der Waals surface area contributed by atoms with E-state index in [-0.39, 0.29) is 24.0 Å². The van der Waals surface area contributed by atoms with Crippen molar-refractivity contribution in [1.29, 1.82) is 0 Å². The van der Waals surface area contributed by atoms with Crippen molar-refractivity contribution in [2.24, 2.45) is 0 Å². The summed E-state index contributed by atoms with van der Waals surface area (Å²) in [6.07, 6.45) is 2.04. The Morgan fingerprint density at radius 3 is 2.75 bits per heavy atom. The average molecular weight is 405 g/mol. The maximum Gasteiger partial charge on any atom is 0.286 e. The van der Waals surface area contributed by atoms with Gasteiger partial charge in [-0.1, -0.05) is 0 Å². The third-order valence-electron chi connectivity index (χ3n) is 3.85. The second kappa shape index (κ2) is 8.75. The summed E-state index contributed by atoms with van der Waals surface area (Å²) in [6, 6.07) is 6.72. The van der Waals surface area contributed by atoms with E-state index in [0.717, 1.165) is 17.0 Å². The van der Waals surface area contributed by atoms with Gasteiger partial charge < -0.3 is 15.1 Å². The summed E-state index contributed by atoms with van der Waals surface area (Å²) in [7, 11) is 0. The maximum atomic E-state index is 13.4. The first-order valence-electron chi connectivity index (χ1n) is 8.48. The molecule has 146 valence electrons. The molecule has 0 unspecified atom stereocenters. The first-order chi connectivity index (χ1) is 13.4. The predicted molar refractivity (Wildman–Crippen MR) is 101 cm³/mol. The molecule has 0 aliphatic rings. The van der Waals surface area contributed by atoms with Crippen LogP contribution >= 0.6 is 11.3 Å². The summed E-state index contributed by atoms with van der Waals surface area (Å²) < 4.78 is 31.5. The zero-order valence-corrected chi connectivity index (χ0v) is 15.7. The van der Waals surface area contributed by atoms with Crippen LogP contribution in [0.5, 0.6) is 0 Å². The van der Waals surface area contributed by atoms with Crippen LogP contribution in [0.1, 0.15) is 28.3 Å². The summed E-state index contributed by atoms with van der Waals surface area (Å²) in [5, 5.41) is 5.72. The molecule has 6 nitrogen and oxygen atoms in total. The molecular weight excluding hydrogens is 388 g/mol. The molecule has 0 spiro atoms. The van der Waals surface area contributed by atoms with E-state index >= 15 is 0 Å². The number of benzene rings is 1. The van der Waals surface area contributed by atoms with E-state index in [4.69, 9.17) is 4.42 Å². The number of amides is 2. The SMILES string of the molecule is Cc1sc(NC(=O)CCCNC(=O)c2ccco2)nc1-c1ccc(F)c(F)c1.